The number of rotatable bonds is 5. The van der Waals surface area contributed by atoms with Crippen molar-refractivity contribution in [1.82, 2.24) is 5.43 Å². The lowest BCUT2D eigenvalue weighted by Crippen LogP contribution is -2.45. The fraction of sp³-hybridized carbons (Fsp3) is 1.00. The minimum Gasteiger partial charge on any atom is -0.271 e. The first kappa shape index (κ1) is 12.0. The zero-order chi connectivity index (χ0) is 10.6. The van der Waals surface area contributed by atoms with Crippen LogP contribution in [-0.2, 0) is 0 Å². The maximum absolute atomic E-state index is 5.70. The minimum atomic E-state index is 0.551. The van der Waals surface area contributed by atoms with Crippen molar-refractivity contribution in [2.75, 3.05) is 0 Å². The van der Waals surface area contributed by atoms with Gasteiger partial charge in [-0.2, -0.15) is 0 Å². The Labute approximate surface area is 88.6 Å². The highest BCUT2D eigenvalue weighted by Crippen LogP contribution is 2.35. The largest absolute Gasteiger partial charge is 0.271 e. The molecule has 0 bridgehead atoms. The summed E-state index contributed by atoms with van der Waals surface area (Å²) < 4.78 is 0. The summed E-state index contributed by atoms with van der Waals surface area (Å²) in [6, 6.07) is 0.551. The number of hydrogen-bond acceptors (Lipinski definition) is 2. The molecule has 1 rings (SSSR count). The number of nitrogens with two attached hydrogens (primary N) is 1. The van der Waals surface area contributed by atoms with Crippen LogP contribution < -0.4 is 11.3 Å². The molecule has 0 radical (unpaired) electrons. The molecule has 0 amide bonds. The van der Waals surface area contributed by atoms with Crippen LogP contribution in [0.5, 0.6) is 0 Å². The molecule has 14 heavy (non-hydrogen) atoms. The summed E-state index contributed by atoms with van der Waals surface area (Å²) >= 11 is 0. The number of hydrazine groups is 1. The zero-order valence-electron chi connectivity index (χ0n) is 9.92. The summed E-state index contributed by atoms with van der Waals surface area (Å²) in [6.45, 7) is 6.91. The van der Waals surface area contributed by atoms with Gasteiger partial charge in [-0.25, -0.2) is 0 Å². The van der Waals surface area contributed by atoms with E-state index in [2.05, 4.69) is 26.2 Å². The predicted molar refractivity (Wildman–Crippen MR) is 61.7 cm³/mol. The standard InChI is InChI=1S/C12H26N2/c1-4-10(5-2)12(14-13)11-7-6-9(3)8-11/h9-12,14H,4-8,13H2,1-3H3. The molecule has 0 heterocycles. The second-order valence-electron chi connectivity index (χ2n) is 4.95. The highest BCUT2D eigenvalue weighted by Gasteiger charge is 2.31. The third kappa shape index (κ3) is 2.71. The predicted octanol–water partition coefficient (Wildman–Crippen LogP) is 2.69. The lowest BCUT2D eigenvalue weighted by Gasteiger charge is -2.30. The van der Waals surface area contributed by atoms with E-state index in [1.54, 1.807) is 0 Å². The Morgan fingerprint density at radius 3 is 2.29 bits per heavy atom. The molecule has 2 heteroatoms. The van der Waals surface area contributed by atoms with Gasteiger partial charge in [-0.3, -0.25) is 11.3 Å². The van der Waals surface area contributed by atoms with Crippen LogP contribution in [0, 0.1) is 17.8 Å². The summed E-state index contributed by atoms with van der Waals surface area (Å²) in [6.07, 6.45) is 6.62. The summed E-state index contributed by atoms with van der Waals surface area (Å²) in [4.78, 5) is 0. The highest BCUT2D eigenvalue weighted by atomic mass is 15.2. The molecule has 0 spiro atoms. The Morgan fingerprint density at radius 2 is 1.93 bits per heavy atom. The number of hydrogen-bond donors (Lipinski definition) is 2. The van der Waals surface area contributed by atoms with Crippen molar-refractivity contribution in [3.63, 3.8) is 0 Å². The Bertz CT molecular complexity index is 154. The Morgan fingerprint density at radius 1 is 1.29 bits per heavy atom. The summed E-state index contributed by atoms with van der Waals surface area (Å²) in [5.41, 5.74) is 3.07. The van der Waals surface area contributed by atoms with Crippen molar-refractivity contribution >= 4 is 0 Å². The van der Waals surface area contributed by atoms with E-state index in [-0.39, 0.29) is 0 Å². The topological polar surface area (TPSA) is 38.0 Å². The molecule has 2 nitrogen and oxygen atoms in total. The van der Waals surface area contributed by atoms with E-state index in [0.29, 0.717) is 6.04 Å². The molecule has 0 saturated heterocycles. The summed E-state index contributed by atoms with van der Waals surface area (Å²) in [5.74, 6) is 8.19. The molecule has 1 fully saturated rings. The Hall–Kier alpha value is -0.0800. The molecule has 0 aromatic rings. The van der Waals surface area contributed by atoms with Gasteiger partial charge in [0.25, 0.3) is 0 Å². The van der Waals surface area contributed by atoms with Crippen molar-refractivity contribution in [2.24, 2.45) is 23.6 Å². The first-order valence-electron chi connectivity index (χ1n) is 6.19. The van der Waals surface area contributed by atoms with Gasteiger partial charge in [0.15, 0.2) is 0 Å². The molecule has 84 valence electrons. The van der Waals surface area contributed by atoms with Crippen molar-refractivity contribution in [2.45, 2.75) is 58.9 Å². The van der Waals surface area contributed by atoms with E-state index in [1.807, 2.05) is 0 Å². The van der Waals surface area contributed by atoms with Crippen LogP contribution in [0.4, 0.5) is 0 Å². The van der Waals surface area contributed by atoms with Crippen LogP contribution in [0.25, 0.3) is 0 Å². The summed E-state index contributed by atoms with van der Waals surface area (Å²) in [5, 5.41) is 0. The van der Waals surface area contributed by atoms with E-state index < -0.39 is 0 Å². The molecule has 1 aliphatic rings. The Balaban J connectivity index is 2.52. The molecule has 1 aliphatic carbocycles. The minimum absolute atomic E-state index is 0.551. The zero-order valence-corrected chi connectivity index (χ0v) is 9.92. The second-order valence-corrected chi connectivity index (χ2v) is 4.95. The van der Waals surface area contributed by atoms with Crippen molar-refractivity contribution in [3.05, 3.63) is 0 Å². The van der Waals surface area contributed by atoms with Crippen molar-refractivity contribution < 1.29 is 0 Å². The average Bonchev–Trinajstić information content (AvgIpc) is 2.60. The van der Waals surface area contributed by atoms with Gasteiger partial charge in [-0.05, 0) is 30.6 Å². The van der Waals surface area contributed by atoms with Gasteiger partial charge in [0.2, 0.25) is 0 Å². The lowest BCUT2D eigenvalue weighted by molar-refractivity contribution is 0.244. The van der Waals surface area contributed by atoms with E-state index in [0.717, 1.165) is 17.8 Å². The van der Waals surface area contributed by atoms with Crippen LogP contribution in [-0.4, -0.2) is 6.04 Å². The van der Waals surface area contributed by atoms with E-state index in [9.17, 15) is 0 Å². The van der Waals surface area contributed by atoms with Gasteiger partial charge < -0.3 is 0 Å². The number of nitrogens with one attached hydrogen (secondary N) is 1. The molecule has 0 aliphatic heterocycles. The second kappa shape index (κ2) is 5.72. The van der Waals surface area contributed by atoms with Gasteiger partial charge in [0.05, 0.1) is 0 Å². The normalized spacial score (nSPS) is 29.8. The highest BCUT2D eigenvalue weighted by molar-refractivity contribution is 4.85. The maximum atomic E-state index is 5.70. The third-order valence-electron chi connectivity index (χ3n) is 3.99. The van der Waals surface area contributed by atoms with Gasteiger partial charge in [-0.1, -0.05) is 40.0 Å². The third-order valence-corrected chi connectivity index (χ3v) is 3.99. The first-order chi connectivity index (χ1) is 6.72. The van der Waals surface area contributed by atoms with Gasteiger partial charge >= 0.3 is 0 Å². The summed E-state index contributed by atoms with van der Waals surface area (Å²) in [7, 11) is 0. The van der Waals surface area contributed by atoms with Crippen LogP contribution in [0.3, 0.4) is 0 Å². The van der Waals surface area contributed by atoms with E-state index in [1.165, 1.54) is 32.1 Å². The molecule has 1 saturated carbocycles. The quantitative estimate of drug-likeness (QED) is 0.526. The van der Waals surface area contributed by atoms with E-state index in [4.69, 9.17) is 5.84 Å². The molecule has 0 aromatic heterocycles. The van der Waals surface area contributed by atoms with Gasteiger partial charge in [0.1, 0.15) is 0 Å². The molecule has 3 unspecified atom stereocenters. The van der Waals surface area contributed by atoms with Gasteiger partial charge in [-0.15, -0.1) is 0 Å². The van der Waals surface area contributed by atoms with Crippen LogP contribution in [0.1, 0.15) is 52.9 Å². The smallest absolute Gasteiger partial charge is 0.0266 e. The van der Waals surface area contributed by atoms with E-state index >= 15 is 0 Å². The van der Waals surface area contributed by atoms with Crippen molar-refractivity contribution in [3.8, 4) is 0 Å². The van der Waals surface area contributed by atoms with Crippen molar-refractivity contribution in [1.29, 1.82) is 0 Å². The molecule has 3 atom stereocenters. The molecule has 0 aromatic carbocycles. The van der Waals surface area contributed by atoms with Crippen LogP contribution >= 0.6 is 0 Å². The SMILES string of the molecule is CCC(CC)C(NN)C1CCC(C)C1. The monoisotopic (exact) mass is 198 g/mol. The fourth-order valence-electron chi connectivity index (χ4n) is 3.03. The molecular weight excluding hydrogens is 172 g/mol. The van der Waals surface area contributed by atoms with Gasteiger partial charge in [0, 0.05) is 6.04 Å². The average molecular weight is 198 g/mol. The first-order valence-corrected chi connectivity index (χ1v) is 6.19. The Kier molecular flexibility index (Phi) is 4.90. The van der Waals surface area contributed by atoms with Crippen LogP contribution in [0.15, 0.2) is 0 Å². The maximum Gasteiger partial charge on any atom is 0.0266 e. The molecular formula is C12H26N2. The lowest BCUT2D eigenvalue weighted by atomic mass is 9.84. The van der Waals surface area contributed by atoms with Crippen LogP contribution in [0.2, 0.25) is 0 Å². The molecule has 3 N–H and O–H groups in total. The fourth-order valence-corrected chi connectivity index (χ4v) is 3.03.